The third-order valence-electron chi connectivity index (χ3n) is 3.02. The second kappa shape index (κ2) is 12.7. The minimum atomic E-state index is -0.208. The lowest BCUT2D eigenvalue weighted by molar-refractivity contribution is 0.0310. The average molecular weight is 399 g/mol. The lowest BCUT2D eigenvalue weighted by atomic mass is 10.1. The first-order valence-electron chi connectivity index (χ1n) is 7.48. The molecule has 20 heavy (non-hydrogen) atoms. The van der Waals surface area contributed by atoms with Crippen molar-refractivity contribution in [1.82, 2.24) is 10.6 Å². The van der Waals surface area contributed by atoms with Crippen LogP contribution in [0.15, 0.2) is 4.99 Å². The second-order valence-electron chi connectivity index (χ2n) is 5.98. The van der Waals surface area contributed by atoms with E-state index in [0.29, 0.717) is 6.54 Å². The van der Waals surface area contributed by atoms with Crippen LogP contribution in [0.3, 0.4) is 0 Å². The van der Waals surface area contributed by atoms with Gasteiger partial charge in [0.05, 0.1) is 12.1 Å². The molecule has 0 rings (SSSR count). The number of guanidine groups is 1. The molecule has 0 aliphatic rings. The highest BCUT2D eigenvalue weighted by molar-refractivity contribution is 14.0. The van der Waals surface area contributed by atoms with Gasteiger partial charge in [0, 0.05) is 20.2 Å². The quantitative estimate of drug-likeness (QED) is 0.270. The van der Waals surface area contributed by atoms with Gasteiger partial charge >= 0.3 is 0 Å². The average Bonchev–Trinajstić information content (AvgIpc) is 2.35. The molecule has 0 spiro atoms. The molecule has 5 heteroatoms. The number of methoxy groups -OCH3 is 1. The van der Waals surface area contributed by atoms with E-state index in [4.69, 9.17) is 4.74 Å². The number of rotatable bonds is 9. The highest BCUT2D eigenvalue weighted by Crippen LogP contribution is 2.07. The van der Waals surface area contributed by atoms with Crippen molar-refractivity contribution >= 4 is 29.9 Å². The first-order valence-corrected chi connectivity index (χ1v) is 7.48. The molecule has 0 aromatic heterocycles. The van der Waals surface area contributed by atoms with E-state index in [1.54, 1.807) is 7.11 Å². The van der Waals surface area contributed by atoms with E-state index in [1.807, 2.05) is 13.8 Å². The molecule has 0 atom stereocenters. The predicted molar refractivity (Wildman–Crippen MR) is 99.2 cm³/mol. The zero-order valence-corrected chi connectivity index (χ0v) is 16.4. The Morgan fingerprint density at radius 3 is 2.35 bits per heavy atom. The molecule has 0 aromatic carbocycles. The van der Waals surface area contributed by atoms with Crippen LogP contribution in [0.1, 0.15) is 53.9 Å². The van der Waals surface area contributed by atoms with E-state index in [9.17, 15) is 0 Å². The van der Waals surface area contributed by atoms with Crippen LogP contribution in [0.4, 0.5) is 0 Å². The highest BCUT2D eigenvalue weighted by atomic mass is 127. The fourth-order valence-corrected chi connectivity index (χ4v) is 1.56. The molecule has 0 fully saturated rings. The molecule has 0 heterocycles. The Balaban J connectivity index is 0. The minimum absolute atomic E-state index is 0. The molecule has 0 aliphatic carbocycles. The molecule has 0 aromatic rings. The SMILES string of the molecule is CCNC(=NCC(C)(C)OC)NCCCCC(C)C.I. The zero-order valence-electron chi connectivity index (χ0n) is 14.1. The molecule has 0 saturated carbocycles. The third kappa shape index (κ3) is 13.0. The van der Waals surface area contributed by atoms with Crippen molar-refractivity contribution in [3.63, 3.8) is 0 Å². The van der Waals surface area contributed by atoms with Gasteiger partial charge in [0.2, 0.25) is 0 Å². The van der Waals surface area contributed by atoms with E-state index in [-0.39, 0.29) is 29.6 Å². The van der Waals surface area contributed by atoms with Gasteiger partial charge in [-0.2, -0.15) is 0 Å². The first kappa shape index (κ1) is 22.2. The number of hydrogen-bond donors (Lipinski definition) is 2. The largest absolute Gasteiger partial charge is 0.377 e. The lowest BCUT2D eigenvalue weighted by Crippen LogP contribution is -2.39. The Bertz CT molecular complexity index is 256. The molecule has 122 valence electrons. The standard InChI is InChI=1S/C15H33N3O.HI/c1-7-16-14(18-12-15(4,5)19-6)17-11-9-8-10-13(2)3;/h13H,7-12H2,1-6H3,(H2,16,17,18);1H. The Kier molecular flexibility index (Phi) is 14.1. The summed E-state index contributed by atoms with van der Waals surface area (Å²) in [6, 6.07) is 0. The number of unbranched alkanes of at least 4 members (excludes halogenated alkanes) is 1. The second-order valence-corrected chi connectivity index (χ2v) is 5.98. The molecular formula is C15H34IN3O. The van der Waals surface area contributed by atoms with Crippen LogP contribution in [0.25, 0.3) is 0 Å². The molecule has 4 nitrogen and oxygen atoms in total. The number of halogens is 1. The molecule has 0 radical (unpaired) electrons. The van der Waals surface area contributed by atoms with Crippen LogP contribution in [0.5, 0.6) is 0 Å². The first-order chi connectivity index (χ1) is 8.91. The summed E-state index contributed by atoms with van der Waals surface area (Å²) in [4.78, 5) is 4.56. The smallest absolute Gasteiger partial charge is 0.191 e. The minimum Gasteiger partial charge on any atom is -0.377 e. The van der Waals surface area contributed by atoms with Crippen LogP contribution in [-0.4, -0.2) is 38.3 Å². The summed E-state index contributed by atoms with van der Waals surface area (Å²) in [5.41, 5.74) is -0.208. The van der Waals surface area contributed by atoms with Gasteiger partial charge in [0.25, 0.3) is 0 Å². The van der Waals surface area contributed by atoms with Crippen molar-refractivity contribution in [2.45, 2.75) is 59.5 Å². The van der Waals surface area contributed by atoms with Gasteiger partial charge in [-0.15, -0.1) is 24.0 Å². The molecule has 0 aliphatic heterocycles. The number of nitrogens with zero attached hydrogens (tertiary/aromatic N) is 1. The van der Waals surface area contributed by atoms with Crippen molar-refractivity contribution in [1.29, 1.82) is 0 Å². The molecule has 0 saturated heterocycles. The van der Waals surface area contributed by atoms with E-state index < -0.39 is 0 Å². The fraction of sp³-hybridized carbons (Fsp3) is 0.933. The molecule has 0 bridgehead atoms. The Morgan fingerprint density at radius 1 is 1.20 bits per heavy atom. The summed E-state index contributed by atoms with van der Waals surface area (Å²) in [6.07, 6.45) is 3.76. The van der Waals surface area contributed by atoms with Gasteiger partial charge in [0.1, 0.15) is 0 Å². The monoisotopic (exact) mass is 399 g/mol. The van der Waals surface area contributed by atoms with E-state index >= 15 is 0 Å². The van der Waals surface area contributed by atoms with Crippen molar-refractivity contribution in [2.75, 3.05) is 26.7 Å². The Morgan fingerprint density at radius 2 is 1.85 bits per heavy atom. The van der Waals surface area contributed by atoms with Crippen molar-refractivity contribution in [3.05, 3.63) is 0 Å². The van der Waals surface area contributed by atoms with Crippen molar-refractivity contribution in [2.24, 2.45) is 10.9 Å². The van der Waals surface area contributed by atoms with E-state index in [2.05, 4.69) is 36.4 Å². The van der Waals surface area contributed by atoms with Gasteiger partial charge < -0.3 is 15.4 Å². The lowest BCUT2D eigenvalue weighted by Gasteiger charge is -2.21. The summed E-state index contributed by atoms with van der Waals surface area (Å²) in [5, 5.41) is 6.64. The number of ether oxygens (including phenoxy) is 1. The van der Waals surface area contributed by atoms with E-state index in [1.165, 1.54) is 19.3 Å². The summed E-state index contributed by atoms with van der Waals surface area (Å²) < 4.78 is 5.37. The Hall–Kier alpha value is -0.0400. The topological polar surface area (TPSA) is 45.7 Å². The van der Waals surface area contributed by atoms with Gasteiger partial charge in [-0.1, -0.05) is 26.7 Å². The highest BCUT2D eigenvalue weighted by Gasteiger charge is 2.15. The fourth-order valence-electron chi connectivity index (χ4n) is 1.56. The van der Waals surface area contributed by atoms with Crippen LogP contribution in [-0.2, 0) is 4.74 Å². The van der Waals surface area contributed by atoms with Crippen molar-refractivity contribution < 1.29 is 4.74 Å². The maximum atomic E-state index is 5.37. The van der Waals surface area contributed by atoms with Crippen LogP contribution in [0, 0.1) is 5.92 Å². The molecule has 0 amide bonds. The predicted octanol–water partition coefficient (Wildman–Crippen LogP) is 3.41. The van der Waals surface area contributed by atoms with Crippen LogP contribution < -0.4 is 10.6 Å². The summed E-state index contributed by atoms with van der Waals surface area (Å²) in [7, 11) is 1.72. The summed E-state index contributed by atoms with van der Waals surface area (Å²) in [6.45, 7) is 13.2. The maximum absolute atomic E-state index is 5.37. The van der Waals surface area contributed by atoms with Crippen LogP contribution >= 0.6 is 24.0 Å². The number of aliphatic imine (C=N–C) groups is 1. The number of hydrogen-bond acceptors (Lipinski definition) is 2. The van der Waals surface area contributed by atoms with Gasteiger partial charge in [-0.25, -0.2) is 0 Å². The molecule has 2 N–H and O–H groups in total. The van der Waals surface area contributed by atoms with Gasteiger partial charge in [0.15, 0.2) is 5.96 Å². The van der Waals surface area contributed by atoms with Gasteiger partial charge in [-0.3, -0.25) is 4.99 Å². The number of nitrogens with one attached hydrogen (secondary N) is 2. The molecule has 0 unspecified atom stereocenters. The van der Waals surface area contributed by atoms with Crippen molar-refractivity contribution in [3.8, 4) is 0 Å². The van der Waals surface area contributed by atoms with Gasteiger partial charge in [-0.05, 0) is 33.1 Å². The normalized spacial score (nSPS) is 12.2. The van der Waals surface area contributed by atoms with E-state index in [0.717, 1.165) is 25.0 Å². The third-order valence-corrected chi connectivity index (χ3v) is 3.02. The summed E-state index contributed by atoms with van der Waals surface area (Å²) in [5.74, 6) is 1.68. The summed E-state index contributed by atoms with van der Waals surface area (Å²) >= 11 is 0. The van der Waals surface area contributed by atoms with Crippen LogP contribution in [0.2, 0.25) is 0 Å². The zero-order chi connectivity index (χ0) is 14.7. The maximum Gasteiger partial charge on any atom is 0.191 e. The Labute approximate surface area is 142 Å². The molecular weight excluding hydrogens is 365 g/mol.